The molecule has 1 rings (SSSR count). The number of nitro groups is 1. The van der Waals surface area contributed by atoms with Crippen molar-refractivity contribution in [1.82, 2.24) is 5.32 Å². The molecule has 0 spiro atoms. The van der Waals surface area contributed by atoms with Crippen LogP contribution in [0.2, 0.25) is 0 Å². The molecule has 22 heavy (non-hydrogen) atoms. The predicted molar refractivity (Wildman–Crippen MR) is 82.9 cm³/mol. The van der Waals surface area contributed by atoms with Gasteiger partial charge in [0.2, 0.25) is 0 Å². The van der Waals surface area contributed by atoms with Crippen LogP contribution < -0.4 is 10.6 Å². The summed E-state index contributed by atoms with van der Waals surface area (Å²) in [5.74, 6) is -0.0335. The second-order valence-electron chi connectivity index (χ2n) is 5.06. The number of amides is 1. The fourth-order valence-electron chi connectivity index (χ4n) is 1.56. The van der Waals surface area contributed by atoms with Gasteiger partial charge in [0, 0.05) is 30.6 Å². The Hall–Kier alpha value is -2.88. The fraction of sp³-hybridized carbons (Fsp3) is 0.333. The van der Waals surface area contributed by atoms with E-state index in [-0.39, 0.29) is 11.3 Å². The Balaban J connectivity index is 2.63. The Morgan fingerprint density at radius 2 is 2.05 bits per heavy atom. The number of nitriles is 1. The van der Waals surface area contributed by atoms with Crippen molar-refractivity contribution in [2.24, 2.45) is 5.92 Å². The Morgan fingerprint density at radius 1 is 1.41 bits per heavy atom. The van der Waals surface area contributed by atoms with Crippen molar-refractivity contribution in [3.8, 4) is 6.07 Å². The molecular formula is C15H18N4O3. The molecule has 0 heterocycles. The van der Waals surface area contributed by atoms with E-state index in [1.165, 1.54) is 30.5 Å². The van der Waals surface area contributed by atoms with Gasteiger partial charge in [0.1, 0.15) is 11.6 Å². The highest BCUT2D eigenvalue weighted by molar-refractivity contribution is 6.06. The monoisotopic (exact) mass is 302 g/mol. The first-order valence-corrected chi connectivity index (χ1v) is 6.83. The zero-order valence-electron chi connectivity index (χ0n) is 12.5. The molecule has 0 aliphatic heterocycles. The fourth-order valence-corrected chi connectivity index (χ4v) is 1.56. The van der Waals surface area contributed by atoms with Crippen LogP contribution in [0.4, 0.5) is 11.4 Å². The van der Waals surface area contributed by atoms with Crippen LogP contribution >= 0.6 is 0 Å². The van der Waals surface area contributed by atoms with E-state index >= 15 is 0 Å². The summed E-state index contributed by atoms with van der Waals surface area (Å²) >= 11 is 0. The molecule has 1 aromatic rings. The molecular weight excluding hydrogens is 284 g/mol. The predicted octanol–water partition coefficient (Wildman–Crippen LogP) is 2.58. The normalized spacial score (nSPS) is 10.9. The average Bonchev–Trinajstić information content (AvgIpc) is 2.47. The quantitative estimate of drug-likeness (QED) is 0.264. The second-order valence-corrected chi connectivity index (χ2v) is 5.06. The third-order valence-electron chi connectivity index (χ3n) is 2.81. The lowest BCUT2D eigenvalue weighted by Crippen LogP contribution is -2.17. The number of anilines is 1. The van der Waals surface area contributed by atoms with Gasteiger partial charge < -0.3 is 10.6 Å². The van der Waals surface area contributed by atoms with Gasteiger partial charge in [0.15, 0.2) is 0 Å². The van der Waals surface area contributed by atoms with Crippen LogP contribution in [0.1, 0.15) is 20.3 Å². The first kappa shape index (κ1) is 17.2. The van der Waals surface area contributed by atoms with Crippen LogP contribution in [0.3, 0.4) is 0 Å². The molecule has 116 valence electrons. The third-order valence-corrected chi connectivity index (χ3v) is 2.81. The van der Waals surface area contributed by atoms with E-state index in [1.807, 2.05) is 6.07 Å². The van der Waals surface area contributed by atoms with Crippen molar-refractivity contribution < 1.29 is 9.72 Å². The number of non-ortho nitro benzene ring substituents is 1. The molecule has 0 radical (unpaired) electrons. The van der Waals surface area contributed by atoms with Gasteiger partial charge in [-0.3, -0.25) is 14.9 Å². The van der Waals surface area contributed by atoms with Crippen LogP contribution in [0, 0.1) is 27.4 Å². The standard InChI is InChI=1S/C15H18N4O3/c1-11(2)7-8-17-10-12(9-16)15(20)18-13-3-5-14(6-4-13)19(21)22/h3-6,10-11,17H,7-8H2,1-2H3,(H,18,20)/b12-10-. The Labute approximate surface area is 128 Å². The maximum Gasteiger partial charge on any atom is 0.269 e. The molecule has 7 nitrogen and oxygen atoms in total. The van der Waals surface area contributed by atoms with E-state index in [2.05, 4.69) is 24.5 Å². The maximum absolute atomic E-state index is 11.9. The van der Waals surface area contributed by atoms with Crippen molar-refractivity contribution in [2.75, 3.05) is 11.9 Å². The molecule has 2 N–H and O–H groups in total. The summed E-state index contributed by atoms with van der Waals surface area (Å²) in [5.41, 5.74) is 0.269. The molecule has 0 aliphatic carbocycles. The lowest BCUT2D eigenvalue weighted by Gasteiger charge is -2.06. The zero-order chi connectivity index (χ0) is 16.5. The van der Waals surface area contributed by atoms with Gasteiger partial charge in [-0.15, -0.1) is 0 Å². The lowest BCUT2D eigenvalue weighted by molar-refractivity contribution is -0.384. The van der Waals surface area contributed by atoms with Crippen molar-refractivity contribution in [3.63, 3.8) is 0 Å². The van der Waals surface area contributed by atoms with Crippen molar-refractivity contribution in [3.05, 3.63) is 46.2 Å². The summed E-state index contributed by atoms with van der Waals surface area (Å²) in [6, 6.07) is 7.21. The molecule has 0 saturated heterocycles. The Kier molecular flexibility index (Phi) is 6.57. The van der Waals surface area contributed by atoms with Crippen molar-refractivity contribution >= 4 is 17.3 Å². The largest absolute Gasteiger partial charge is 0.390 e. The Morgan fingerprint density at radius 3 is 2.55 bits per heavy atom. The number of hydrogen-bond donors (Lipinski definition) is 2. The van der Waals surface area contributed by atoms with Crippen LogP contribution in [0.5, 0.6) is 0 Å². The minimum Gasteiger partial charge on any atom is -0.390 e. The first-order chi connectivity index (χ1) is 10.4. The number of benzene rings is 1. The van der Waals surface area contributed by atoms with Gasteiger partial charge in [0.25, 0.3) is 11.6 Å². The van der Waals surface area contributed by atoms with E-state index in [0.717, 1.165) is 6.42 Å². The average molecular weight is 302 g/mol. The molecule has 7 heteroatoms. The summed E-state index contributed by atoms with van der Waals surface area (Å²) in [7, 11) is 0. The SMILES string of the molecule is CC(C)CCN/C=C(/C#N)C(=O)Nc1ccc([N+](=O)[O-])cc1. The Bertz CT molecular complexity index is 600. The molecule has 0 bridgehead atoms. The van der Waals surface area contributed by atoms with Gasteiger partial charge in [-0.25, -0.2) is 0 Å². The third kappa shape index (κ3) is 5.63. The number of nitro benzene ring substituents is 1. The maximum atomic E-state index is 11.9. The van der Waals surface area contributed by atoms with Crippen LogP contribution in [0.25, 0.3) is 0 Å². The number of rotatable bonds is 7. The molecule has 0 atom stereocenters. The molecule has 0 fully saturated rings. The van der Waals surface area contributed by atoms with Crippen LogP contribution in [-0.4, -0.2) is 17.4 Å². The number of hydrogen-bond acceptors (Lipinski definition) is 5. The zero-order valence-corrected chi connectivity index (χ0v) is 12.5. The number of carbonyl (C=O) groups is 1. The number of nitrogens with one attached hydrogen (secondary N) is 2. The van der Waals surface area contributed by atoms with Crippen LogP contribution in [0.15, 0.2) is 36.0 Å². The topological polar surface area (TPSA) is 108 Å². The van der Waals surface area contributed by atoms with Crippen molar-refractivity contribution in [1.29, 1.82) is 5.26 Å². The minimum atomic E-state index is -0.562. The number of nitrogens with zero attached hydrogens (tertiary/aromatic N) is 2. The van der Waals surface area contributed by atoms with Gasteiger partial charge in [-0.1, -0.05) is 13.8 Å². The van der Waals surface area contributed by atoms with Crippen molar-refractivity contribution in [2.45, 2.75) is 20.3 Å². The summed E-state index contributed by atoms with van der Waals surface area (Å²) in [4.78, 5) is 21.9. The van der Waals surface area contributed by atoms with Crippen LogP contribution in [-0.2, 0) is 4.79 Å². The molecule has 1 amide bonds. The highest BCUT2D eigenvalue weighted by Gasteiger charge is 2.10. The van der Waals surface area contributed by atoms with Gasteiger partial charge in [0.05, 0.1) is 4.92 Å². The van der Waals surface area contributed by atoms with E-state index in [4.69, 9.17) is 5.26 Å². The van der Waals surface area contributed by atoms with E-state index in [9.17, 15) is 14.9 Å². The molecule has 0 unspecified atom stereocenters. The molecule has 0 aromatic heterocycles. The lowest BCUT2D eigenvalue weighted by atomic mass is 10.1. The van der Waals surface area contributed by atoms with E-state index in [1.54, 1.807) is 0 Å². The minimum absolute atomic E-state index is 0.0536. The molecule has 1 aromatic carbocycles. The highest BCUT2D eigenvalue weighted by Crippen LogP contribution is 2.15. The van der Waals surface area contributed by atoms with E-state index in [0.29, 0.717) is 18.2 Å². The van der Waals surface area contributed by atoms with Gasteiger partial charge >= 0.3 is 0 Å². The van der Waals surface area contributed by atoms with Gasteiger partial charge in [-0.05, 0) is 24.5 Å². The summed E-state index contributed by atoms with van der Waals surface area (Å²) in [5, 5.41) is 25.0. The highest BCUT2D eigenvalue weighted by atomic mass is 16.6. The van der Waals surface area contributed by atoms with Gasteiger partial charge in [-0.2, -0.15) is 5.26 Å². The van der Waals surface area contributed by atoms with E-state index < -0.39 is 10.8 Å². The summed E-state index contributed by atoms with van der Waals surface area (Å²) in [6.07, 6.45) is 2.31. The first-order valence-electron chi connectivity index (χ1n) is 6.83. The molecule has 0 aliphatic rings. The molecule has 0 saturated carbocycles. The smallest absolute Gasteiger partial charge is 0.269 e. The summed E-state index contributed by atoms with van der Waals surface area (Å²) in [6.45, 7) is 4.84. The number of carbonyl (C=O) groups excluding carboxylic acids is 1. The summed E-state index contributed by atoms with van der Waals surface area (Å²) < 4.78 is 0. The second kappa shape index (κ2) is 8.42.